The van der Waals surface area contributed by atoms with Crippen LogP contribution in [0.5, 0.6) is 0 Å². The van der Waals surface area contributed by atoms with E-state index in [4.69, 9.17) is 10.2 Å². The second-order valence-electron chi connectivity index (χ2n) is 3.59. The number of furan rings is 1. The molecule has 2 aromatic heterocycles. The molecule has 2 N–H and O–H groups in total. The molecule has 0 bridgehead atoms. The Labute approximate surface area is 88.9 Å². The third-order valence-electron chi connectivity index (χ3n) is 2.29. The molecule has 2 aromatic rings. The lowest BCUT2D eigenvalue weighted by molar-refractivity contribution is 0.486. The van der Waals surface area contributed by atoms with E-state index in [2.05, 4.69) is 4.98 Å². The van der Waals surface area contributed by atoms with E-state index in [-0.39, 0.29) is 6.04 Å². The van der Waals surface area contributed by atoms with Crippen LogP contribution >= 0.6 is 0 Å². The van der Waals surface area contributed by atoms with Crippen LogP contribution in [-0.4, -0.2) is 4.98 Å². The molecule has 1 unspecified atom stereocenters. The van der Waals surface area contributed by atoms with Gasteiger partial charge in [-0.05, 0) is 31.2 Å². The Balaban J connectivity index is 2.11. The Morgan fingerprint density at radius 2 is 2.20 bits per heavy atom. The lowest BCUT2D eigenvalue weighted by Gasteiger charge is -2.09. The SMILES string of the molecule is Cc1cccc(C(N)Cc2ccco2)n1. The number of rotatable bonds is 3. The first-order valence-corrected chi connectivity index (χ1v) is 4.97. The van der Waals surface area contributed by atoms with Gasteiger partial charge in [0.1, 0.15) is 5.76 Å². The van der Waals surface area contributed by atoms with Crippen LogP contribution in [0.3, 0.4) is 0 Å². The summed E-state index contributed by atoms with van der Waals surface area (Å²) in [6, 6.07) is 9.57. The summed E-state index contributed by atoms with van der Waals surface area (Å²) in [5, 5.41) is 0. The van der Waals surface area contributed by atoms with Gasteiger partial charge in [-0.25, -0.2) is 0 Å². The van der Waals surface area contributed by atoms with E-state index in [0.717, 1.165) is 17.1 Å². The highest BCUT2D eigenvalue weighted by Gasteiger charge is 2.09. The lowest BCUT2D eigenvalue weighted by Crippen LogP contribution is -2.14. The zero-order chi connectivity index (χ0) is 10.7. The molecule has 1 atom stereocenters. The van der Waals surface area contributed by atoms with Crippen LogP contribution in [-0.2, 0) is 6.42 Å². The standard InChI is InChI=1S/C12H14N2O/c1-9-4-2-6-12(14-9)11(13)8-10-5-3-7-15-10/h2-7,11H,8,13H2,1H3. The molecule has 0 aliphatic carbocycles. The van der Waals surface area contributed by atoms with Gasteiger partial charge in [-0.3, -0.25) is 4.98 Å². The molecule has 2 rings (SSSR count). The number of nitrogens with zero attached hydrogens (tertiary/aromatic N) is 1. The van der Waals surface area contributed by atoms with Gasteiger partial charge in [-0.1, -0.05) is 6.07 Å². The Hall–Kier alpha value is -1.61. The molecular formula is C12H14N2O. The molecule has 0 saturated carbocycles. The third kappa shape index (κ3) is 2.44. The van der Waals surface area contributed by atoms with Crippen molar-refractivity contribution in [1.82, 2.24) is 4.98 Å². The van der Waals surface area contributed by atoms with Crippen molar-refractivity contribution in [3.8, 4) is 0 Å². The van der Waals surface area contributed by atoms with Crippen molar-refractivity contribution in [1.29, 1.82) is 0 Å². The van der Waals surface area contributed by atoms with Crippen molar-refractivity contribution in [3.63, 3.8) is 0 Å². The molecule has 0 aliphatic rings. The zero-order valence-electron chi connectivity index (χ0n) is 8.68. The van der Waals surface area contributed by atoms with Gasteiger partial charge < -0.3 is 10.2 Å². The van der Waals surface area contributed by atoms with Crippen molar-refractivity contribution >= 4 is 0 Å². The highest BCUT2D eigenvalue weighted by atomic mass is 16.3. The predicted octanol–water partition coefficient (Wildman–Crippen LogP) is 2.23. The van der Waals surface area contributed by atoms with Crippen molar-refractivity contribution < 1.29 is 4.42 Å². The maximum Gasteiger partial charge on any atom is 0.105 e. The molecule has 0 aromatic carbocycles. The van der Waals surface area contributed by atoms with Crippen LogP contribution in [0, 0.1) is 6.92 Å². The third-order valence-corrected chi connectivity index (χ3v) is 2.29. The van der Waals surface area contributed by atoms with Gasteiger partial charge in [0.05, 0.1) is 18.0 Å². The highest BCUT2D eigenvalue weighted by molar-refractivity contribution is 5.15. The number of hydrogen-bond acceptors (Lipinski definition) is 3. The van der Waals surface area contributed by atoms with E-state index in [1.54, 1.807) is 6.26 Å². The maximum atomic E-state index is 6.03. The van der Waals surface area contributed by atoms with Gasteiger partial charge in [0.25, 0.3) is 0 Å². The van der Waals surface area contributed by atoms with Crippen LogP contribution in [0.4, 0.5) is 0 Å². The van der Waals surface area contributed by atoms with E-state index in [1.165, 1.54) is 0 Å². The molecule has 0 aliphatic heterocycles. The molecule has 15 heavy (non-hydrogen) atoms. The summed E-state index contributed by atoms with van der Waals surface area (Å²) in [5.41, 5.74) is 7.93. The summed E-state index contributed by atoms with van der Waals surface area (Å²) in [7, 11) is 0. The molecule has 0 amide bonds. The number of nitrogens with two attached hydrogens (primary N) is 1. The summed E-state index contributed by atoms with van der Waals surface area (Å²) in [6.07, 6.45) is 2.34. The van der Waals surface area contributed by atoms with Gasteiger partial charge in [0.2, 0.25) is 0 Å². The molecule has 3 nitrogen and oxygen atoms in total. The number of hydrogen-bond donors (Lipinski definition) is 1. The topological polar surface area (TPSA) is 52.0 Å². The van der Waals surface area contributed by atoms with Crippen molar-refractivity contribution in [2.24, 2.45) is 5.73 Å². The summed E-state index contributed by atoms with van der Waals surface area (Å²) in [5.74, 6) is 0.894. The fourth-order valence-electron chi connectivity index (χ4n) is 1.52. The van der Waals surface area contributed by atoms with Gasteiger partial charge in [-0.15, -0.1) is 0 Å². The molecule has 0 radical (unpaired) electrons. The first-order chi connectivity index (χ1) is 7.25. The molecule has 78 valence electrons. The molecule has 0 saturated heterocycles. The van der Waals surface area contributed by atoms with Crippen molar-refractivity contribution in [3.05, 3.63) is 53.7 Å². The minimum atomic E-state index is -0.101. The Morgan fingerprint density at radius 1 is 1.33 bits per heavy atom. The number of aryl methyl sites for hydroxylation is 1. The predicted molar refractivity (Wildman–Crippen MR) is 58.3 cm³/mol. The first-order valence-electron chi connectivity index (χ1n) is 4.97. The van der Waals surface area contributed by atoms with Crippen LogP contribution in [0.25, 0.3) is 0 Å². The zero-order valence-corrected chi connectivity index (χ0v) is 8.68. The highest BCUT2D eigenvalue weighted by Crippen LogP contribution is 2.14. The van der Waals surface area contributed by atoms with E-state index in [9.17, 15) is 0 Å². The summed E-state index contributed by atoms with van der Waals surface area (Å²) in [4.78, 5) is 4.39. The normalized spacial score (nSPS) is 12.7. The molecule has 0 spiro atoms. The average Bonchev–Trinajstić information content (AvgIpc) is 2.70. The Kier molecular flexibility index (Phi) is 2.83. The number of pyridine rings is 1. The Morgan fingerprint density at radius 3 is 2.87 bits per heavy atom. The molecule has 0 fully saturated rings. The maximum absolute atomic E-state index is 6.03. The fourth-order valence-corrected chi connectivity index (χ4v) is 1.52. The van der Waals surface area contributed by atoms with Gasteiger partial charge in [0, 0.05) is 12.1 Å². The van der Waals surface area contributed by atoms with Gasteiger partial charge in [0.15, 0.2) is 0 Å². The van der Waals surface area contributed by atoms with Gasteiger partial charge >= 0.3 is 0 Å². The van der Waals surface area contributed by atoms with Crippen LogP contribution in [0.1, 0.15) is 23.2 Å². The first kappa shape index (κ1) is 9.93. The minimum absolute atomic E-state index is 0.101. The quantitative estimate of drug-likeness (QED) is 0.830. The van der Waals surface area contributed by atoms with E-state index in [1.807, 2.05) is 37.3 Å². The minimum Gasteiger partial charge on any atom is -0.469 e. The smallest absolute Gasteiger partial charge is 0.105 e. The second kappa shape index (κ2) is 4.28. The lowest BCUT2D eigenvalue weighted by atomic mass is 10.1. The van der Waals surface area contributed by atoms with Gasteiger partial charge in [-0.2, -0.15) is 0 Å². The average molecular weight is 202 g/mol. The van der Waals surface area contributed by atoms with Crippen molar-refractivity contribution in [2.75, 3.05) is 0 Å². The largest absolute Gasteiger partial charge is 0.469 e. The summed E-state index contributed by atoms with van der Waals surface area (Å²) < 4.78 is 5.25. The van der Waals surface area contributed by atoms with Crippen LogP contribution in [0.15, 0.2) is 41.0 Å². The second-order valence-corrected chi connectivity index (χ2v) is 3.59. The van der Waals surface area contributed by atoms with Crippen LogP contribution < -0.4 is 5.73 Å². The summed E-state index contributed by atoms with van der Waals surface area (Å²) in [6.45, 7) is 1.96. The van der Waals surface area contributed by atoms with Crippen LogP contribution in [0.2, 0.25) is 0 Å². The number of aromatic nitrogens is 1. The summed E-state index contributed by atoms with van der Waals surface area (Å²) >= 11 is 0. The van der Waals surface area contributed by atoms with Crippen molar-refractivity contribution in [2.45, 2.75) is 19.4 Å². The molecular weight excluding hydrogens is 188 g/mol. The Bertz CT molecular complexity index is 423. The van der Waals surface area contributed by atoms with E-state index >= 15 is 0 Å². The molecule has 3 heteroatoms. The van der Waals surface area contributed by atoms with E-state index in [0.29, 0.717) is 6.42 Å². The monoisotopic (exact) mass is 202 g/mol. The fraction of sp³-hybridized carbons (Fsp3) is 0.250. The molecule has 2 heterocycles. The van der Waals surface area contributed by atoms with E-state index < -0.39 is 0 Å².